The number of allylic oxidation sites excluding steroid dienone is 1. The highest BCUT2D eigenvalue weighted by molar-refractivity contribution is 5.93. The molecule has 0 aliphatic rings. The number of carboxylic acids is 1. The lowest BCUT2D eigenvalue weighted by Gasteiger charge is -2.08. The molecule has 0 atom stereocenters. The Hall–Kier alpha value is -4.74. The summed E-state index contributed by atoms with van der Waals surface area (Å²) in [6.45, 7) is 6.20. The number of carbonyl (C=O) groups is 4. The van der Waals surface area contributed by atoms with E-state index in [2.05, 4.69) is 38.2 Å². The van der Waals surface area contributed by atoms with Gasteiger partial charge in [0.15, 0.2) is 5.78 Å². The SMILES string of the molecule is CC(=O)/C=C/C(=O)[O-].CC(=O)Oc1cccc2[nH]cc(CC[NH+](C)C)c12.CC(=O)Oc1cccc2[nH]cc(CC[NH+](C)C)c12. The number of hydrogen-bond donors (Lipinski definition) is 4. The molecule has 0 unspecified atom stereocenters. The van der Waals surface area contributed by atoms with Crippen LogP contribution in [0.5, 0.6) is 11.5 Å². The molecule has 2 aromatic carbocycles. The van der Waals surface area contributed by atoms with Crippen molar-refractivity contribution in [2.45, 2.75) is 33.6 Å². The van der Waals surface area contributed by atoms with Gasteiger partial charge in [-0.25, -0.2) is 0 Å². The normalized spacial score (nSPS) is 10.8. The quantitative estimate of drug-likeness (QED) is 0.116. The first-order chi connectivity index (χ1) is 20.8. The number of aliphatic carboxylic acids is 1. The number of nitrogens with one attached hydrogen (secondary N) is 4. The van der Waals surface area contributed by atoms with Gasteiger partial charge in [0.2, 0.25) is 0 Å². The Morgan fingerprint density at radius 2 is 1.11 bits per heavy atom. The summed E-state index contributed by atoms with van der Waals surface area (Å²) >= 11 is 0. The second-order valence-electron chi connectivity index (χ2n) is 10.8. The number of ketones is 1. The Balaban J connectivity index is 0.000000248. The first-order valence-corrected chi connectivity index (χ1v) is 14.3. The van der Waals surface area contributed by atoms with Crippen LogP contribution in [0.3, 0.4) is 0 Å². The fourth-order valence-corrected chi connectivity index (χ4v) is 4.27. The molecular formula is C33H43N4O7+. The van der Waals surface area contributed by atoms with Crippen LogP contribution >= 0.6 is 0 Å². The summed E-state index contributed by atoms with van der Waals surface area (Å²) in [5.41, 5.74) is 4.42. The van der Waals surface area contributed by atoms with E-state index in [0.717, 1.165) is 53.8 Å². The van der Waals surface area contributed by atoms with Gasteiger partial charge in [0.05, 0.1) is 47.2 Å². The summed E-state index contributed by atoms with van der Waals surface area (Å²) in [5, 5.41) is 11.6. The van der Waals surface area contributed by atoms with Crippen molar-refractivity contribution < 1.29 is 43.6 Å². The molecule has 11 heteroatoms. The zero-order valence-electron chi connectivity index (χ0n) is 26.5. The van der Waals surface area contributed by atoms with E-state index in [0.29, 0.717) is 17.6 Å². The second-order valence-corrected chi connectivity index (χ2v) is 10.8. The van der Waals surface area contributed by atoms with E-state index < -0.39 is 5.97 Å². The van der Waals surface area contributed by atoms with Crippen molar-refractivity contribution in [3.63, 3.8) is 0 Å². The number of carbonyl (C=O) groups excluding carboxylic acids is 4. The molecule has 0 amide bonds. The average molecular weight is 608 g/mol. The Morgan fingerprint density at radius 1 is 0.705 bits per heavy atom. The third kappa shape index (κ3) is 11.9. The molecule has 0 aliphatic heterocycles. The van der Waals surface area contributed by atoms with Crippen molar-refractivity contribution >= 4 is 45.5 Å². The van der Waals surface area contributed by atoms with Gasteiger partial charge in [-0.3, -0.25) is 14.4 Å². The number of esters is 2. The number of benzene rings is 2. The molecule has 2 heterocycles. The van der Waals surface area contributed by atoms with E-state index >= 15 is 0 Å². The third-order valence-electron chi connectivity index (χ3n) is 6.25. The standard InChI is InChI=1S/2C14H18N2O2.C5H6O3/c2*1-10(17)18-13-6-4-5-12-14(13)11(9-15-12)7-8-16(2)3;1-4(6)2-3-5(7)8/h2*4-6,9,15H,7-8H2,1-3H3;2-3H,1H3,(H,7,8)/p+1/b;;3-2+. The van der Waals surface area contributed by atoms with Gasteiger partial charge in [-0.15, -0.1) is 0 Å². The Labute approximate surface area is 257 Å². The van der Waals surface area contributed by atoms with E-state index in [9.17, 15) is 24.3 Å². The van der Waals surface area contributed by atoms with Gasteiger partial charge in [0, 0.05) is 60.9 Å². The van der Waals surface area contributed by atoms with Crippen LogP contribution < -0.4 is 24.4 Å². The Kier molecular flexibility index (Phi) is 14.0. The van der Waals surface area contributed by atoms with Crippen molar-refractivity contribution in [2.24, 2.45) is 0 Å². The second kappa shape index (κ2) is 17.4. The maximum absolute atomic E-state index is 11.1. The van der Waals surface area contributed by atoms with Gasteiger partial charge in [-0.2, -0.15) is 0 Å². The predicted molar refractivity (Wildman–Crippen MR) is 167 cm³/mol. The molecule has 11 nitrogen and oxygen atoms in total. The lowest BCUT2D eigenvalue weighted by Crippen LogP contribution is -3.05. The number of hydrogen-bond acceptors (Lipinski definition) is 7. The molecular weight excluding hydrogens is 564 g/mol. The topological polar surface area (TPSA) is 150 Å². The van der Waals surface area contributed by atoms with Crippen molar-refractivity contribution in [1.82, 2.24) is 9.97 Å². The molecule has 2 aromatic heterocycles. The monoisotopic (exact) mass is 607 g/mol. The molecule has 0 spiro atoms. The van der Waals surface area contributed by atoms with Crippen molar-refractivity contribution in [1.29, 1.82) is 0 Å². The van der Waals surface area contributed by atoms with Crippen molar-refractivity contribution in [3.05, 3.63) is 72.1 Å². The van der Waals surface area contributed by atoms with Gasteiger partial charge in [-0.1, -0.05) is 12.1 Å². The number of ether oxygens (including phenoxy) is 2. The number of aromatic nitrogens is 2. The molecule has 0 fully saturated rings. The smallest absolute Gasteiger partial charge is 0.308 e. The van der Waals surface area contributed by atoms with Crippen molar-refractivity contribution in [3.8, 4) is 11.5 Å². The molecule has 4 aromatic rings. The first-order valence-electron chi connectivity index (χ1n) is 14.3. The number of likely N-dealkylation sites (N-methyl/N-ethyl adjacent to an activating group) is 2. The number of fused-ring (bicyclic) bond motifs is 2. The minimum atomic E-state index is -1.35. The maximum Gasteiger partial charge on any atom is 0.308 e. The molecule has 0 saturated heterocycles. The minimum Gasteiger partial charge on any atom is -0.545 e. The first kappa shape index (κ1) is 35.5. The van der Waals surface area contributed by atoms with E-state index in [1.54, 1.807) is 0 Å². The van der Waals surface area contributed by atoms with Crippen LogP contribution in [0.2, 0.25) is 0 Å². The van der Waals surface area contributed by atoms with E-state index in [1.807, 2.05) is 48.8 Å². The fraction of sp³-hybridized carbons (Fsp3) is 0.333. The highest BCUT2D eigenvalue weighted by Crippen LogP contribution is 2.30. The third-order valence-corrected chi connectivity index (χ3v) is 6.25. The lowest BCUT2D eigenvalue weighted by molar-refractivity contribution is -0.858. The zero-order valence-corrected chi connectivity index (χ0v) is 26.5. The summed E-state index contributed by atoms with van der Waals surface area (Å²) < 4.78 is 10.5. The van der Waals surface area contributed by atoms with Crippen LogP contribution in [-0.2, 0) is 32.0 Å². The van der Waals surface area contributed by atoms with Gasteiger partial charge < -0.3 is 39.1 Å². The Bertz CT molecular complexity index is 1480. The molecule has 4 N–H and O–H groups in total. The molecule has 44 heavy (non-hydrogen) atoms. The van der Waals surface area contributed by atoms with E-state index in [-0.39, 0.29) is 17.7 Å². The molecule has 0 bridgehead atoms. The minimum absolute atomic E-state index is 0.284. The average Bonchev–Trinajstić information content (AvgIpc) is 3.55. The van der Waals surface area contributed by atoms with Crippen LogP contribution in [0, 0.1) is 0 Å². The number of H-pyrrole nitrogens is 2. The number of carboxylic acid groups (broad SMARTS) is 1. The lowest BCUT2D eigenvalue weighted by atomic mass is 10.1. The molecule has 0 aliphatic carbocycles. The van der Waals surface area contributed by atoms with Gasteiger partial charge >= 0.3 is 11.9 Å². The summed E-state index contributed by atoms with van der Waals surface area (Å²) in [6, 6.07) is 11.4. The van der Waals surface area contributed by atoms with Gasteiger partial charge in [-0.05, 0) is 54.5 Å². The number of aromatic amines is 2. The van der Waals surface area contributed by atoms with Crippen LogP contribution in [0.4, 0.5) is 0 Å². The highest BCUT2D eigenvalue weighted by Gasteiger charge is 2.13. The molecule has 0 saturated carbocycles. The van der Waals surface area contributed by atoms with E-state index in [1.165, 1.54) is 41.7 Å². The fourth-order valence-electron chi connectivity index (χ4n) is 4.27. The Morgan fingerprint density at radius 3 is 1.41 bits per heavy atom. The van der Waals surface area contributed by atoms with Gasteiger partial charge in [0.25, 0.3) is 0 Å². The molecule has 0 radical (unpaired) electrons. The van der Waals surface area contributed by atoms with Crippen LogP contribution in [0.25, 0.3) is 21.8 Å². The summed E-state index contributed by atoms with van der Waals surface area (Å²) in [7, 11) is 8.51. The zero-order chi connectivity index (χ0) is 32.8. The van der Waals surface area contributed by atoms with Crippen LogP contribution in [-0.4, -0.2) is 74.9 Å². The summed E-state index contributed by atoms with van der Waals surface area (Å²) in [6.07, 6.45) is 7.56. The van der Waals surface area contributed by atoms with Crippen molar-refractivity contribution in [2.75, 3.05) is 41.3 Å². The summed E-state index contributed by atoms with van der Waals surface area (Å²) in [5.74, 6) is -0.926. The van der Waals surface area contributed by atoms with Crippen LogP contribution in [0.15, 0.2) is 60.9 Å². The largest absolute Gasteiger partial charge is 0.545 e. The maximum atomic E-state index is 11.1. The van der Waals surface area contributed by atoms with Gasteiger partial charge in [0.1, 0.15) is 11.5 Å². The predicted octanol–water partition coefficient (Wildman–Crippen LogP) is 0.442. The van der Waals surface area contributed by atoms with Crippen LogP contribution in [0.1, 0.15) is 31.9 Å². The highest BCUT2D eigenvalue weighted by atomic mass is 16.5. The summed E-state index contributed by atoms with van der Waals surface area (Å²) in [4.78, 5) is 51.0. The molecule has 236 valence electrons. The van der Waals surface area contributed by atoms with E-state index in [4.69, 9.17) is 9.47 Å². The number of quaternary nitrogens is 2. The molecule has 4 rings (SSSR count). The number of rotatable bonds is 10.